The number of hydrogen-bond acceptors (Lipinski definition) is 1. The number of halogens is 1. The molecule has 0 aromatic heterocycles. The first-order valence-corrected chi connectivity index (χ1v) is 5.55. The molecule has 0 spiro atoms. The Morgan fingerprint density at radius 3 is 2.69 bits per heavy atom. The van der Waals surface area contributed by atoms with Crippen molar-refractivity contribution in [2.45, 2.75) is 19.3 Å². The minimum absolute atomic E-state index is 0.629. The van der Waals surface area contributed by atoms with Gasteiger partial charge in [-0.3, -0.25) is 4.79 Å². The smallest absolute Gasteiger partial charge is 0.192 e. The fraction of sp³-hybridized carbons (Fsp3) is 0.214. The molecule has 16 heavy (non-hydrogen) atoms. The molecule has 0 N–H and O–H groups in total. The van der Waals surface area contributed by atoms with Crippen LogP contribution in [0.3, 0.4) is 0 Å². The van der Waals surface area contributed by atoms with Crippen molar-refractivity contribution in [2.75, 3.05) is 0 Å². The number of rotatable bonds is 4. The van der Waals surface area contributed by atoms with E-state index in [1.807, 2.05) is 24.3 Å². The molecule has 0 atom stereocenters. The molecule has 2 heteroatoms. The molecular formula is C14H13ClO. The average molecular weight is 233 g/mol. The summed E-state index contributed by atoms with van der Waals surface area (Å²) in [6.45, 7) is 0. The lowest BCUT2D eigenvalue weighted by Gasteiger charge is -1.93. The highest BCUT2D eigenvalue weighted by atomic mass is 35.5. The first kappa shape index (κ1) is 12.5. The summed E-state index contributed by atoms with van der Waals surface area (Å²) in [7, 11) is 0. The molecule has 82 valence electrons. The van der Waals surface area contributed by atoms with E-state index >= 15 is 0 Å². The molecule has 1 aromatic rings. The Morgan fingerprint density at radius 2 is 2.00 bits per heavy atom. The van der Waals surface area contributed by atoms with E-state index in [-0.39, 0.29) is 0 Å². The molecule has 1 nitrogen and oxygen atoms in total. The number of allylic oxidation sites excluding steroid dienone is 1. The van der Waals surface area contributed by atoms with Gasteiger partial charge in [0.2, 0.25) is 0 Å². The van der Waals surface area contributed by atoms with E-state index in [4.69, 9.17) is 11.6 Å². The predicted octanol–water partition coefficient (Wildman–Crippen LogP) is 3.73. The molecule has 0 heterocycles. The molecule has 0 radical (unpaired) electrons. The van der Waals surface area contributed by atoms with Crippen molar-refractivity contribution in [3.63, 3.8) is 0 Å². The Bertz CT molecular complexity index is 407. The molecule has 1 aromatic carbocycles. The summed E-state index contributed by atoms with van der Waals surface area (Å²) in [6, 6.07) is 7.70. The van der Waals surface area contributed by atoms with E-state index in [2.05, 4.69) is 24.0 Å². The quantitative estimate of drug-likeness (QED) is 0.439. The third-order valence-corrected chi connectivity index (χ3v) is 2.27. The number of aldehydes is 1. The molecule has 0 saturated carbocycles. The maximum Gasteiger partial charge on any atom is 0.192 e. The Morgan fingerprint density at radius 1 is 1.25 bits per heavy atom. The molecule has 0 unspecified atom stereocenters. The van der Waals surface area contributed by atoms with Crippen LogP contribution >= 0.6 is 11.6 Å². The lowest BCUT2D eigenvalue weighted by molar-refractivity contribution is -0.103. The van der Waals surface area contributed by atoms with E-state index in [9.17, 15) is 4.79 Å². The SMILES string of the molecule is O=CC#CCCCC=Cc1ccc(Cl)cc1. The van der Waals surface area contributed by atoms with Crippen molar-refractivity contribution < 1.29 is 4.79 Å². The van der Waals surface area contributed by atoms with Crippen LogP contribution in [-0.4, -0.2) is 6.29 Å². The van der Waals surface area contributed by atoms with Gasteiger partial charge in [-0.15, -0.1) is 0 Å². The topological polar surface area (TPSA) is 17.1 Å². The number of carbonyl (C=O) groups is 1. The molecular weight excluding hydrogens is 220 g/mol. The number of carbonyl (C=O) groups excluding carboxylic acids is 1. The zero-order chi connectivity index (χ0) is 11.6. The molecule has 0 fully saturated rings. The van der Waals surface area contributed by atoms with Crippen LogP contribution in [-0.2, 0) is 4.79 Å². The zero-order valence-corrected chi connectivity index (χ0v) is 9.70. The van der Waals surface area contributed by atoms with Gasteiger partial charge in [0.05, 0.1) is 0 Å². The van der Waals surface area contributed by atoms with Gasteiger partial charge in [-0.1, -0.05) is 41.8 Å². The highest BCUT2D eigenvalue weighted by Crippen LogP contribution is 2.11. The van der Waals surface area contributed by atoms with Gasteiger partial charge in [0.15, 0.2) is 6.29 Å². The summed E-state index contributed by atoms with van der Waals surface area (Å²) in [5.41, 5.74) is 1.14. The first-order chi connectivity index (χ1) is 7.83. The summed E-state index contributed by atoms with van der Waals surface area (Å²) in [6.07, 6.45) is 7.50. The maximum atomic E-state index is 9.91. The molecule has 0 aliphatic rings. The lowest BCUT2D eigenvalue weighted by atomic mass is 10.1. The largest absolute Gasteiger partial charge is 0.289 e. The molecule has 0 bridgehead atoms. The first-order valence-electron chi connectivity index (χ1n) is 5.17. The predicted molar refractivity (Wildman–Crippen MR) is 68.2 cm³/mol. The Hall–Kier alpha value is -1.52. The lowest BCUT2D eigenvalue weighted by Crippen LogP contribution is -1.73. The van der Waals surface area contributed by atoms with Gasteiger partial charge in [-0.2, -0.15) is 0 Å². The summed E-state index contributed by atoms with van der Waals surface area (Å²) in [5.74, 6) is 5.17. The van der Waals surface area contributed by atoms with Gasteiger partial charge < -0.3 is 0 Å². The third kappa shape index (κ3) is 5.38. The van der Waals surface area contributed by atoms with Crippen LogP contribution in [0.25, 0.3) is 6.08 Å². The summed E-state index contributed by atoms with van der Waals surface area (Å²) in [5, 5.41) is 0.751. The van der Waals surface area contributed by atoms with Gasteiger partial charge in [0, 0.05) is 11.4 Å². The normalized spacial score (nSPS) is 9.81. The van der Waals surface area contributed by atoms with Crippen LogP contribution in [0.2, 0.25) is 5.02 Å². The minimum Gasteiger partial charge on any atom is -0.289 e. The fourth-order valence-corrected chi connectivity index (χ4v) is 1.34. The maximum absolute atomic E-state index is 9.91. The van der Waals surface area contributed by atoms with Crippen LogP contribution < -0.4 is 0 Å². The summed E-state index contributed by atoms with van der Waals surface area (Å²) >= 11 is 5.78. The average Bonchev–Trinajstić information content (AvgIpc) is 2.30. The Kier molecular flexibility index (Phi) is 6.06. The van der Waals surface area contributed by atoms with Gasteiger partial charge in [0.1, 0.15) is 0 Å². The second-order valence-electron chi connectivity index (χ2n) is 3.29. The van der Waals surface area contributed by atoms with Crippen molar-refractivity contribution in [1.82, 2.24) is 0 Å². The summed E-state index contributed by atoms with van der Waals surface area (Å²) < 4.78 is 0. The van der Waals surface area contributed by atoms with Gasteiger partial charge in [0.25, 0.3) is 0 Å². The summed E-state index contributed by atoms with van der Waals surface area (Å²) in [4.78, 5) is 9.91. The van der Waals surface area contributed by atoms with Crippen LogP contribution in [0.5, 0.6) is 0 Å². The van der Waals surface area contributed by atoms with Crippen LogP contribution in [0, 0.1) is 11.8 Å². The van der Waals surface area contributed by atoms with Crippen molar-refractivity contribution in [3.8, 4) is 11.8 Å². The number of benzene rings is 1. The standard InChI is InChI=1S/C14H13ClO/c15-14-10-8-13(9-11-14)7-5-3-1-2-4-6-12-16/h5,7-12H,1-3H2. The van der Waals surface area contributed by atoms with Crippen LogP contribution in [0.15, 0.2) is 30.3 Å². The van der Waals surface area contributed by atoms with Gasteiger partial charge in [-0.05, 0) is 36.5 Å². The van der Waals surface area contributed by atoms with Crippen molar-refractivity contribution in [1.29, 1.82) is 0 Å². The van der Waals surface area contributed by atoms with E-state index in [1.165, 1.54) is 0 Å². The van der Waals surface area contributed by atoms with Crippen molar-refractivity contribution in [3.05, 3.63) is 40.9 Å². The second kappa shape index (κ2) is 7.73. The minimum atomic E-state index is 0.629. The number of hydrogen-bond donors (Lipinski definition) is 0. The van der Waals surface area contributed by atoms with Crippen LogP contribution in [0.4, 0.5) is 0 Å². The zero-order valence-electron chi connectivity index (χ0n) is 8.95. The van der Waals surface area contributed by atoms with E-state index in [1.54, 1.807) is 0 Å². The van der Waals surface area contributed by atoms with E-state index < -0.39 is 0 Å². The monoisotopic (exact) mass is 232 g/mol. The van der Waals surface area contributed by atoms with Crippen molar-refractivity contribution in [2.24, 2.45) is 0 Å². The molecule has 1 rings (SSSR count). The van der Waals surface area contributed by atoms with Crippen molar-refractivity contribution >= 4 is 24.0 Å². The molecule has 0 aliphatic carbocycles. The molecule has 0 amide bonds. The molecule has 0 saturated heterocycles. The fourth-order valence-electron chi connectivity index (χ4n) is 1.22. The third-order valence-electron chi connectivity index (χ3n) is 2.01. The van der Waals surface area contributed by atoms with Crippen LogP contribution in [0.1, 0.15) is 24.8 Å². The van der Waals surface area contributed by atoms with E-state index in [0.29, 0.717) is 6.29 Å². The Balaban J connectivity index is 2.27. The van der Waals surface area contributed by atoms with Gasteiger partial charge in [-0.25, -0.2) is 0 Å². The Labute approximate surface area is 101 Å². The highest BCUT2D eigenvalue weighted by Gasteiger charge is 1.87. The molecule has 0 aliphatic heterocycles. The second-order valence-corrected chi connectivity index (χ2v) is 3.72. The number of unbranched alkanes of at least 4 members (excludes halogenated alkanes) is 2. The van der Waals surface area contributed by atoms with E-state index in [0.717, 1.165) is 29.8 Å². The highest BCUT2D eigenvalue weighted by molar-refractivity contribution is 6.30. The van der Waals surface area contributed by atoms with Gasteiger partial charge >= 0.3 is 0 Å².